The molecule has 0 aliphatic rings. The summed E-state index contributed by atoms with van der Waals surface area (Å²) in [5.41, 5.74) is 0. The van der Waals surface area contributed by atoms with Crippen molar-refractivity contribution in [1.82, 2.24) is 4.57 Å². The van der Waals surface area contributed by atoms with Crippen molar-refractivity contribution < 1.29 is 17.9 Å². The van der Waals surface area contributed by atoms with Gasteiger partial charge >= 0.3 is 6.18 Å². The van der Waals surface area contributed by atoms with Crippen LogP contribution in [0, 0.1) is 0 Å². The standard InChI is InChI=1S/C12H26F3NOSi/c1-6-16(7-2)18(4,5)10-8-9-17-11(3)12(13,14)15/h11H,6-10H2,1-5H3. The first-order chi connectivity index (χ1) is 8.15. The molecule has 1 unspecified atom stereocenters. The predicted molar refractivity (Wildman–Crippen MR) is 71.3 cm³/mol. The highest BCUT2D eigenvalue weighted by Gasteiger charge is 2.36. The Kier molecular flexibility index (Phi) is 7.47. The van der Waals surface area contributed by atoms with Crippen molar-refractivity contribution in [3.8, 4) is 0 Å². The smallest absolute Gasteiger partial charge is 0.369 e. The summed E-state index contributed by atoms with van der Waals surface area (Å²) < 4.78 is 43.9. The highest BCUT2D eigenvalue weighted by molar-refractivity contribution is 6.74. The summed E-state index contributed by atoms with van der Waals surface area (Å²) >= 11 is 0. The Hall–Kier alpha value is -0.0731. The first-order valence-electron chi connectivity index (χ1n) is 6.58. The summed E-state index contributed by atoms with van der Waals surface area (Å²) in [6.45, 7) is 12.0. The van der Waals surface area contributed by atoms with E-state index in [1.165, 1.54) is 0 Å². The molecule has 0 aromatic heterocycles. The van der Waals surface area contributed by atoms with E-state index in [1.807, 2.05) is 0 Å². The average molecular weight is 285 g/mol. The van der Waals surface area contributed by atoms with E-state index in [2.05, 4.69) is 31.5 Å². The van der Waals surface area contributed by atoms with Crippen LogP contribution in [-0.2, 0) is 4.74 Å². The third-order valence-electron chi connectivity index (χ3n) is 3.38. The Bertz CT molecular complexity index is 230. The molecule has 0 aromatic rings. The second-order valence-corrected chi connectivity index (χ2v) is 9.90. The van der Waals surface area contributed by atoms with Gasteiger partial charge in [0.2, 0.25) is 0 Å². The first kappa shape index (κ1) is 17.9. The molecule has 0 aromatic carbocycles. The van der Waals surface area contributed by atoms with E-state index in [0.717, 1.165) is 26.1 Å². The van der Waals surface area contributed by atoms with Gasteiger partial charge in [-0.15, -0.1) is 0 Å². The second kappa shape index (κ2) is 7.50. The van der Waals surface area contributed by atoms with Crippen LogP contribution in [0.25, 0.3) is 0 Å². The molecule has 0 aliphatic heterocycles. The van der Waals surface area contributed by atoms with Gasteiger partial charge in [-0.05, 0) is 32.5 Å². The van der Waals surface area contributed by atoms with E-state index in [4.69, 9.17) is 4.74 Å². The molecule has 0 amide bonds. The predicted octanol–water partition coefficient (Wildman–Crippen LogP) is 3.89. The summed E-state index contributed by atoms with van der Waals surface area (Å²) in [7, 11) is -1.48. The second-order valence-electron chi connectivity index (χ2n) is 5.14. The molecule has 0 N–H and O–H groups in total. The minimum absolute atomic E-state index is 0.193. The molecule has 0 saturated heterocycles. The van der Waals surface area contributed by atoms with Crippen LogP contribution in [0.4, 0.5) is 13.2 Å². The zero-order valence-electron chi connectivity index (χ0n) is 12.1. The van der Waals surface area contributed by atoms with E-state index in [1.54, 1.807) is 0 Å². The van der Waals surface area contributed by atoms with Crippen LogP contribution in [0.3, 0.4) is 0 Å². The molecule has 110 valence electrons. The van der Waals surface area contributed by atoms with Crippen molar-refractivity contribution in [1.29, 1.82) is 0 Å². The first-order valence-corrected chi connectivity index (χ1v) is 9.74. The number of ether oxygens (including phenoxy) is 1. The van der Waals surface area contributed by atoms with Gasteiger partial charge in [-0.25, -0.2) is 0 Å². The van der Waals surface area contributed by atoms with Crippen LogP contribution in [0.15, 0.2) is 0 Å². The Morgan fingerprint density at radius 3 is 2.06 bits per heavy atom. The van der Waals surface area contributed by atoms with Crippen molar-refractivity contribution in [3.63, 3.8) is 0 Å². The van der Waals surface area contributed by atoms with Gasteiger partial charge in [-0.3, -0.25) is 0 Å². The topological polar surface area (TPSA) is 12.5 Å². The molecule has 0 spiro atoms. The zero-order valence-corrected chi connectivity index (χ0v) is 13.1. The Balaban J connectivity index is 3.97. The number of rotatable bonds is 8. The molecule has 0 bridgehead atoms. The van der Waals surface area contributed by atoms with E-state index in [0.29, 0.717) is 6.42 Å². The van der Waals surface area contributed by atoms with Gasteiger partial charge in [0.05, 0.1) is 0 Å². The van der Waals surface area contributed by atoms with Crippen LogP contribution < -0.4 is 0 Å². The van der Waals surface area contributed by atoms with Gasteiger partial charge in [0.15, 0.2) is 6.10 Å². The number of halogens is 3. The molecular formula is C12H26F3NOSi. The molecule has 0 aliphatic carbocycles. The molecule has 0 fully saturated rings. The van der Waals surface area contributed by atoms with E-state index >= 15 is 0 Å². The lowest BCUT2D eigenvalue weighted by atomic mass is 10.4. The number of alkyl halides is 3. The molecule has 0 rings (SSSR count). The summed E-state index contributed by atoms with van der Waals surface area (Å²) in [4.78, 5) is 0. The van der Waals surface area contributed by atoms with Gasteiger partial charge in [0.1, 0.15) is 8.24 Å². The fourth-order valence-corrected chi connectivity index (χ4v) is 5.14. The van der Waals surface area contributed by atoms with Crippen molar-refractivity contribution in [2.24, 2.45) is 0 Å². The molecule has 18 heavy (non-hydrogen) atoms. The molecule has 6 heteroatoms. The minimum Gasteiger partial charge on any atom is -0.369 e. The largest absolute Gasteiger partial charge is 0.414 e. The quantitative estimate of drug-likeness (QED) is 0.495. The van der Waals surface area contributed by atoms with Crippen LogP contribution >= 0.6 is 0 Å². The lowest BCUT2D eigenvalue weighted by molar-refractivity contribution is -0.214. The van der Waals surface area contributed by atoms with Crippen LogP contribution in [0.5, 0.6) is 0 Å². The molecule has 0 radical (unpaired) electrons. The number of hydrogen-bond acceptors (Lipinski definition) is 2. The van der Waals surface area contributed by atoms with E-state index in [-0.39, 0.29) is 6.61 Å². The Morgan fingerprint density at radius 1 is 1.17 bits per heavy atom. The third kappa shape index (κ3) is 6.20. The van der Waals surface area contributed by atoms with Gasteiger partial charge < -0.3 is 9.30 Å². The molecule has 0 saturated carbocycles. The van der Waals surface area contributed by atoms with E-state index in [9.17, 15) is 13.2 Å². The monoisotopic (exact) mass is 285 g/mol. The normalized spacial score (nSPS) is 15.2. The summed E-state index contributed by atoms with van der Waals surface area (Å²) in [6, 6.07) is 0.971. The molecular weight excluding hydrogens is 259 g/mol. The third-order valence-corrected chi connectivity index (χ3v) is 7.30. The molecule has 0 heterocycles. The van der Waals surface area contributed by atoms with Crippen LogP contribution in [0.1, 0.15) is 27.2 Å². The summed E-state index contributed by atoms with van der Waals surface area (Å²) in [5, 5.41) is 0. The fraction of sp³-hybridized carbons (Fsp3) is 1.00. The van der Waals surface area contributed by atoms with Gasteiger partial charge in [-0.1, -0.05) is 26.9 Å². The maximum Gasteiger partial charge on any atom is 0.414 e. The zero-order chi connectivity index (χ0) is 14.4. The van der Waals surface area contributed by atoms with Crippen molar-refractivity contribution in [2.45, 2.75) is 58.6 Å². The summed E-state index contributed by atoms with van der Waals surface area (Å²) in [5.74, 6) is 0. The van der Waals surface area contributed by atoms with Crippen molar-refractivity contribution >= 4 is 8.24 Å². The highest BCUT2D eigenvalue weighted by atomic mass is 28.3. The van der Waals surface area contributed by atoms with Gasteiger partial charge in [0.25, 0.3) is 0 Å². The molecule has 2 nitrogen and oxygen atoms in total. The average Bonchev–Trinajstić information content (AvgIpc) is 2.24. The lowest BCUT2D eigenvalue weighted by Gasteiger charge is -2.35. The highest BCUT2D eigenvalue weighted by Crippen LogP contribution is 2.23. The Morgan fingerprint density at radius 2 is 1.67 bits per heavy atom. The lowest BCUT2D eigenvalue weighted by Crippen LogP contribution is -2.48. The summed E-state index contributed by atoms with van der Waals surface area (Å²) in [6.07, 6.45) is -5.20. The Labute approximate surface area is 110 Å². The van der Waals surface area contributed by atoms with Crippen molar-refractivity contribution in [2.75, 3.05) is 19.7 Å². The van der Waals surface area contributed by atoms with Crippen molar-refractivity contribution in [3.05, 3.63) is 0 Å². The number of hydrogen-bond donors (Lipinski definition) is 0. The van der Waals surface area contributed by atoms with Gasteiger partial charge in [-0.2, -0.15) is 13.2 Å². The molecule has 1 atom stereocenters. The van der Waals surface area contributed by atoms with Gasteiger partial charge in [0, 0.05) is 6.61 Å². The maximum atomic E-state index is 12.2. The maximum absolute atomic E-state index is 12.2. The van der Waals surface area contributed by atoms with E-state index < -0.39 is 20.5 Å². The van der Waals surface area contributed by atoms with Crippen LogP contribution in [-0.4, -0.2) is 44.8 Å². The SMILES string of the molecule is CCN(CC)[Si](C)(C)CCCOC(C)C(F)(F)F. The van der Waals surface area contributed by atoms with Crippen LogP contribution in [0.2, 0.25) is 19.1 Å². The minimum atomic E-state index is -4.24. The fourth-order valence-electron chi connectivity index (χ4n) is 2.10. The number of nitrogens with zero attached hydrogens (tertiary/aromatic N) is 1.